The van der Waals surface area contributed by atoms with Gasteiger partial charge in [-0.25, -0.2) is 9.59 Å². The first-order valence-electron chi connectivity index (χ1n) is 5.51. The van der Waals surface area contributed by atoms with Crippen molar-refractivity contribution in [3.63, 3.8) is 0 Å². The van der Waals surface area contributed by atoms with Crippen LogP contribution in [0.1, 0.15) is 41.0 Å². The molecule has 1 rings (SSSR count). The number of carbonyl (C=O) groups excluding carboxylic acids is 1. The number of rotatable bonds is 5. The summed E-state index contributed by atoms with van der Waals surface area (Å²) in [5.41, 5.74) is 0.530. The van der Waals surface area contributed by atoms with Gasteiger partial charge in [0.1, 0.15) is 0 Å². The Kier molecular flexibility index (Phi) is 4.69. The standard InChI is InChI=1S/C13H16O4/c1-9(2)7-8-17-13(16)11-5-3-10(4-6-11)12(14)15/h3-6,9H,7-8H2,1-2H3,(H,14,15). The second kappa shape index (κ2) is 6.03. The van der Waals surface area contributed by atoms with Crippen molar-refractivity contribution in [3.8, 4) is 0 Å². The fraction of sp³-hybridized carbons (Fsp3) is 0.385. The minimum Gasteiger partial charge on any atom is -0.478 e. The minimum absolute atomic E-state index is 0.156. The summed E-state index contributed by atoms with van der Waals surface area (Å²) >= 11 is 0. The highest BCUT2D eigenvalue weighted by atomic mass is 16.5. The molecule has 0 aliphatic rings. The third-order valence-electron chi connectivity index (χ3n) is 2.30. The van der Waals surface area contributed by atoms with E-state index in [0.717, 1.165) is 6.42 Å². The molecule has 0 saturated carbocycles. The number of carboxylic acids is 1. The lowest BCUT2D eigenvalue weighted by Crippen LogP contribution is -2.08. The van der Waals surface area contributed by atoms with Gasteiger partial charge in [-0.05, 0) is 36.6 Å². The largest absolute Gasteiger partial charge is 0.478 e. The maximum atomic E-state index is 11.5. The zero-order chi connectivity index (χ0) is 12.8. The van der Waals surface area contributed by atoms with Crippen LogP contribution < -0.4 is 0 Å². The van der Waals surface area contributed by atoms with Crippen LogP contribution in [-0.4, -0.2) is 23.7 Å². The maximum absolute atomic E-state index is 11.5. The summed E-state index contributed by atoms with van der Waals surface area (Å²) in [4.78, 5) is 22.2. The fourth-order valence-corrected chi connectivity index (χ4v) is 1.22. The molecule has 0 unspecified atom stereocenters. The van der Waals surface area contributed by atoms with Crippen LogP contribution in [0.15, 0.2) is 24.3 Å². The SMILES string of the molecule is CC(C)CCOC(=O)c1ccc(C(=O)O)cc1. The Morgan fingerprint density at radius 3 is 2.18 bits per heavy atom. The first-order valence-corrected chi connectivity index (χ1v) is 5.51. The van der Waals surface area contributed by atoms with Crippen molar-refractivity contribution in [2.45, 2.75) is 20.3 Å². The second-order valence-corrected chi connectivity index (χ2v) is 4.20. The summed E-state index contributed by atoms with van der Waals surface area (Å²) in [5.74, 6) is -0.940. The van der Waals surface area contributed by atoms with E-state index < -0.39 is 11.9 Å². The molecule has 92 valence electrons. The molecule has 0 aromatic heterocycles. The molecule has 1 N–H and O–H groups in total. The van der Waals surface area contributed by atoms with Gasteiger partial charge in [-0.15, -0.1) is 0 Å². The van der Waals surface area contributed by atoms with Gasteiger partial charge in [0.2, 0.25) is 0 Å². The van der Waals surface area contributed by atoms with Gasteiger partial charge in [0.05, 0.1) is 17.7 Å². The Bertz CT molecular complexity index is 392. The lowest BCUT2D eigenvalue weighted by Gasteiger charge is -2.06. The molecule has 0 radical (unpaired) electrons. The van der Waals surface area contributed by atoms with Gasteiger partial charge in [0, 0.05) is 0 Å². The number of benzene rings is 1. The fourth-order valence-electron chi connectivity index (χ4n) is 1.22. The van der Waals surface area contributed by atoms with Crippen LogP contribution >= 0.6 is 0 Å². The summed E-state index contributed by atoms with van der Waals surface area (Å²) in [5, 5.41) is 8.70. The van der Waals surface area contributed by atoms with Crippen molar-refractivity contribution in [1.29, 1.82) is 0 Å². The monoisotopic (exact) mass is 236 g/mol. The van der Waals surface area contributed by atoms with Gasteiger partial charge >= 0.3 is 11.9 Å². The van der Waals surface area contributed by atoms with Crippen molar-refractivity contribution in [3.05, 3.63) is 35.4 Å². The van der Waals surface area contributed by atoms with E-state index in [-0.39, 0.29) is 5.56 Å². The average Bonchev–Trinajstić information content (AvgIpc) is 2.28. The summed E-state index contributed by atoms with van der Waals surface area (Å²) in [6.07, 6.45) is 0.818. The van der Waals surface area contributed by atoms with Crippen LogP contribution in [-0.2, 0) is 4.74 Å². The lowest BCUT2D eigenvalue weighted by molar-refractivity contribution is 0.0487. The van der Waals surface area contributed by atoms with Crippen LogP contribution in [0.4, 0.5) is 0 Å². The Hall–Kier alpha value is -1.84. The van der Waals surface area contributed by atoms with Gasteiger partial charge in [0.15, 0.2) is 0 Å². The number of carbonyl (C=O) groups is 2. The van der Waals surface area contributed by atoms with Crippen LogP contribution in [0.2, 0.25) is 0 Å². The molecule has 0 aliphatic heterocycles. The molecule has 0 heterocycles. The molecule has 4 heteroatoms. The highest BCUT2D eigenvalue weighted by Gasteiger charge is 2.09. The summed E-state index contributed by atoms with van der Waals surface area (Å²) in [7, 11) is 0. The van der Waals surface area contributed by atoms with E-state index in [1.54, 1.807) is 0 Å². The van der Waals surface area contributed by atoms with Gasteiger partial charge in [0.25, 0.3) is 0 Å². The molecule has 0 saturated heterocycles. The number of esters is 1. The topological polar surface area (TPSA) is 63.6 Å². The van der Waals surface area contributed by atoms with E-state index in [1.807, 2.05) is 0 Å². The molecule has 1 aromatic rings. The molecule has 4 nitrogen and oxygen atoms in total. The van der Waals surface area contributed by atoms with Crippen molar-refractivity contribution >= 4 is 11.9 Å². The lowest BCUT2D eigenvalue weighted by atomic mass is 10.1. The molecule has 0 aliphatic carbocycles. The normalized spacial score (nSPS) is 10.3. The Labute approximate surface area is 100 Å². The minimum atomic E-state index is -1.01. The Morgan fingerprint density at radius 2 is 1.71 bits per heavy atom. The smallest absolute Gasteiger partial charge is 0.338 e. The number of hydrogen-bond acceptors (Lipinski definition) is 3. The second-order valence-electron chi connectivity index (χ2n) is 4.20. The zero-order valence-electron chi connectivity index (χ0n) is 9.97. The summed E-state index contributed by atoms with van der Waals surface area (Å²) < 4.78 is 5.05. The van der Waals surface area contributed by atoms with Gasteiger partial charge in [-0.3, -0.25) is 0 Å². The Morgan fingerprint density at radius 1 is 1.18 bits per heavy atom. The zero-order valence-corrected chi connectivity index (χ0v) is 9.97. The van der Waals surface area contributed by atoms with E-state index in [1.165, 1.54) is 24.3 Å². The summed E-state index contributed by atoms with van der Waals surface area (Å²) in [6.45, 7) is 4.49. The quantitative estimate of drug-likeness (QED) is 0.798. The molecular formula is C13H16O4. The molecular weight excluding hydrogens is 220 g/mol. The number of aromatic carboxylic acids is 1. The number of carboxylic acid groups (broad SMARTS) is 1. The molecule has 0 bridgehead atoms. The van der Waals surface area contributed by atoms with Gasteiger partial charge in [-0.2, -0.15) is 0 Å². The Balaban J connectivity index is 2.55. The van der Waals surface area contributed by atoms with Gasteiger partial charge in [-0.1, -0.05) is 13.8 Å². The number of hydrogen-bond donors (Lipinski definition) is 1. The van der Waals surface area contributed by atoms with Crippen molar-refractivity contribution < 1.29 is 19.4 Å². The van der Waals surface area contributed by atoms with E-state index >= 15 is 0 Å². The molecule has 17 heavy (non-hydrogen) atoms. The van der Waals surface area contributed by atoms with E-state index in [2.05, 4.69) is 13.8 Å². The van der Waals surface area contributed by atoms with Crippen LogP contribution in [0.5, 0.6) is 0 Å². The molecule has 0 fully saturated rings. The first-order chi connectivity index (χ1) is 8.00. The van der Waals surface area contributed by atoms with E-state index in [0.29, 0.717) is 18.1 Å². The van der Waals surface area contributed by atoms with E-state index in [4.69, 9.17) is 9.84 Å². The highest BCUT2D eigenvalue weighted by Crippen LogP contribution is 2.07. The molecule has 0 atom stereocenters. The number of ether oxygens (including phenoxy) is 1. The van der Waals surface area contributed by atoms with Crippen molar-refractivity contribution in [2.75, 3.05) is 6.61 Å². The maximum Gasteiger partial charge on any atom is 0.338 e. The van der Waals surface area contributed by atoms with E-state index in [9.17, 15) is 9.59 Å². The third kappa shape index (κ3) is 4.26. The summed E-state index contributed by atoms with van der Waals surface area (Å²) in [6, 6.07) is 5.70. The first kappa shape index (κ1) is 13.2. The average molecular weight is 236 g/mol. The van der Waals surface area contributed by atoms with Crippen LogP contribution in [0.3, 0.4) is 0 Å². The third-order valence-corrected chi connectivity index (χ3v) is 2.30. The predicted molar refractivity (Wildman–Crippen MR) is 63.1 cm³/mol. The van der Waals surface area contributed by atoms with Gasteiger partial charge < -0.3 is 9.84 Å². The molecule has 0 spiro atoms. The molecule has 1 aromatic carbocycles. The van der Waals surface area contributed by atoms with Crippen molar-refractivity contribution in [1.82, 2.24) is 0 Å². The predicted octanol–water partition coefficient (Wildman–Crippen LogP) is 2.59. The highest BCUT2D eigenvalue weighted by molar-refractivity contribution is 5.92. The molecule has 0 amide bonds. The van der Waals surface area contributed by atoms with Crippen molar-refractivity contribution in [2.24, 2.45) is 5.92 Å². The van der Waals surface area contributed by atoms with Crippen LogP contribution in [0.25, 0.3) is 0 Å². The van der Waals surface area contributed by atoms with Crippen LogP contribution in [0, 0.1) is 5.92 Å².